The molecule has 0 saturated carbocycles. The quantitative estimate of drug-likeness (QED) is 0.457. The van der Waals surface area contributed by atoms with Gasteiger partial charge in [0.15, 0.2) is 5.11 Å². The minimum absolute atomic E-state index is 0.0434. The van der Waals surface area contributed by atoms with Crippen LogP contribution in [0.1, 0.15) is 24.0 Å². The highest BCUT2D eigenvalue weighted by Gasteiger charge is 2.34. The fourth-order valence-electron chi connectivity index (χ4n) is 3.73. The normalized spacial score (nSPS) is 18.6. The molecule has 2 aromatic carbocycles. The van der Waals surface area contributed by atoms with Crippen molar-refractivity contribution < 1.29 is 9.59 Å². The molecule has 148 valence electrons. The lowest BCUT2D eigenvalue weighted by atomic mass is 10.0. The molecular weight excluding hydrogens is 406 g/mol. The van der Waals surface area contributed by atoms with Crippen molar-refractivity contribution >= 4 is 58.2 Å². The number of aryl methyl sites for hydroxylation is 1. The van der Waals surface area contributed by atoms with Gasteiger partial charge in [0.1, 0.15) is 5.57 Å². The molecule has 0 unspecified atom stereocenters. The van der Waals surface area contributed by atoms with Crippen molar-refractivity contribution in [2.75, 3.05) is 22.9 Å². The summed E-state index contributed by atoms with van der Waals surface area (Å²) in [5.74, 6) is -0.950. The number of hydrogen-bond donors (Lipinski definition) is 1. The predicted molar refractivity (Wildman–Crippen MR) is 120 cm³/mol. The van der Waals surface area contributed by atoms with E-state index in [-0.39, 0.29) is 10.7 Å². The topological polar surface area (TPSA) is 52.7 Å². The van der Waals surface area contributed by atoms with Crippen molar-refractivity contribution in [2.24, 2.45) is 0 Å². The first-order valence-corrected chi connectivity index (χ1v) is 10.3. The van der Waals surface area contributed by atoms with Gasteiger partial charge in [-0.1, -0.05) is 17.7 Å². The number of halogens is 1. The van der Waals surface area contributed by atoms with E-state index in [2.05, 4.69) is 16.3 Å². The van der Waals surface area contributed by atoms with E-state index < -0.39 is 11.8 Å². The van der Waals surface area contributed by atoms with Crippen LogP contribution >= 0.6 is 23.8 Å². The van der Waals surface area contributed by atoms with E-state index in [4.69, 9.17) is 23.8 Å². The Labute approximate surface area is 179 Å². The molecule has 2 fully saturated rings. The van der Waals surface area contributed by atoms with Crippen LogP contribution < -0.4 is 15.1 Å². The Kier molecular flexibility index (Phi) is 5.39. The molecule has 0 atom stereocenters. The molecule has 2 aliphatic rings. The van der Waals surface area contributed by atoms with Gasteiger partial charge in [-0.05, 0) is 85.6 Å². The molecule has 0 aliphatic carbocycles. The second-order valence-corrected chi connectivity index (χ2v) is 8.00. The number of carbonyl (C=O) groups excluding carboxylic acids is 2. The summed E-state index contributed by atoms with van der Waals surface area (Å²) in [5, 5.41) is 3.21. The molecule has 0 spiro atoms. The van der Waals surface area contributed by atoms with Gasteiger partial charge in [0.05, 0.1) is 5.69 Å². The maximum Gasteiger partial charge on any atom is 0.270 e. The van der Waals surface area contributed by atoms with Gasteiger partial charge < -0.3 is 4.90 Å². The minimum atomic E-state index is -0.494. The van der Waals surface area contributed by atoms with Crippen LogP contribution in [0.4, 0.5) is 11.4 Å². The summed E-state index contributed by atoms with van der Waals surface area (Å²) in [7, 11) is 0. The largest absolute Gasteiger partial charge is 0.371 e. The summed E-state index contributed by atoms with van der Waals surface area (Å²) in [6.07, 6.45) is 4.03. The van der Waals surface area contributed by atoms with Crippen LogP contribution in [0.15, 0.2) is 48.0 Å². The van der Waals surface area contributed by atoms with Crippen molar-refractivity contribution in [2.45, 2.75) is 19.8 Å². The first kappa shape index (κ1) is 19.6. The zero-order chi connectivity index (χ0) is 20.5. The maximum atomic E-state index is 13.1. The number of benzene rings is 2. The van der Waals surface area contributed by atoms with E-state index in [0.29, 0.717) is 10.7 Å². The molecule has 2 aliphatic heterocycles. The molecule has 2 aromatic rings. The van der Waals surface area contributed by atoms with Crippen LogP contribution in [0.5, 0.6) is 0 Å². The van der Waals surface area contributed by atoms with Gasteiger partial charge in [-0.3, -0.25) is 19.8 Å². The standard InChI is InChI=1S/C22H20ClN3O2S/c1-14-12-15(4-9-19(14)25-10-2-3-11-25)13-18-20(27)24-22(29)26(21(18)28)17-7-5-16(23)6-8-17/h4-9,12-13H,2-3,10-11H2,1H3,(H,24,27,29)/b18-13-. The van der Waals surface area contributed by atoms with Crippen LogP contribution in [-0.4, -0.2) is 30.0 Å². The Hall–Kier alpha value is -2.70. The van der Waals surface area contributed by atoms with E-state index in [0.717, 1.165) is 24.2 Å². The first-order chi connectivity index (χ1) is 13.9. The Balaban J connectivity index is 1.65. The Morgan fingerprint density at radius 2 is 1.76 bits per heavy atom. The zero-order valence-corrected chi connectivity index (χ0v) is 17.5. The molecule has 5 nitrogen and oxygen atoms in total. The molecule has 4 rings (SSSR count). The van der Waals surface area contributed by atoms with Crippen molar-refractivity contribution in [1.82, 2.24) is 5.32 Å². The Bertz CT molecular complexity index is 1030. The Morgan fingerprint density at radius 3 is 2.41 bits per heavy atom. The number of thiocarbonyl (C=S) groups is 1. The fraction of sp³-hybridized carbons (Fsp3) is 0.227. The molecule has 1 N–H and O–H groups in total. The molecule has 0 bridgehead atoms. The van der Waals surface area contributed by atoms with E-state index in [1.165, 1.54) is 23.4 Å². The second kappa shape index (κ2) is 7.97. The van der Waals surface area contributed by atoms with Gasteiger partial charge in [-0.15, -0.1) is 0 Å². The number of nitrogens with one attached hydrogen (secondary N) is 1. The highest BCUT2D eigenvalue weighted by Crippen LogP contribution is 2.27. The van der Waals surface area contributed by atoms with Crippen molar-refractivity contribution in [1.29, 1.82) is 0 Å². The second-order valence-electron chi connectivity index (χ2n) is 7.17. The summed E-state index contributed by atoms with van der Waals surface area (Å²) in [4.78, 5) is 29.2. The number of hydrogen-bond acceptors (Lipinski definition) is 4. The summed E-state index contributed by atoms with van der Waals surface area (Å²) >= 11 is 11.2. The minimum Gasteiger partial charge on any atom is -0.371 e. The molecule has 29 heavy (non-hydrogen) atoms. The van der Waals surface area contributed by atoms with Gasteiger partial charge in [-0.2, -0.15) is 0 Å². The van der Waals surface area contributed by atoms with Crippen molar-refractivity contribution in [3.63, 3.8) is 0 Å². The summed E-state index contributed by atoms with van der Waals surface area (Å²) < 4.78 is 0. The monoisotopic (exact) mass is 425 g/mol. The summed E-state index contributed by atoms with van der Waals surface area (Å²) in [6.45, 7) is 4.18. The first-order valence-electron chi connectivity index (χ1n) is 9.46. The van der Waals surface area contributed by atoms with E-state index >= 15 is 0 Å². The number of carbonyl (C=O) groups is 2. The zero-order valence-electron chi connectivity index (χ0n) is 15.9. The summed E-state index contributed by atoms with van der Waals surface area (Å²) in [5.41, 5.74) is 3.72. The van der Waals surface area contributed by atoms with Crippen LogP contribution in [0.25, 0.3) is 6.08 Å². The van der Waals surface area contributed by atoms with E-state index in [1.54, 1.807) is 30.3 Å². The third-order valence-electron chi connectivity index (χ3n) is 5.17. The number of rotatable bonds is 3. The van der Waals surface area contributed by atoms with Crippen molar-refractivity contribution in [3.05, 3.63) is 64.2 Å². The molecule has 2 amide bonds. The van der Waals surface area contributed by atoms with E-state index in [1.807, 2.05) is 19.1 Å². The number of nitrogens with zero attached hydrogens (tertiary/aromatic N) is 2. The molecule has 2 heterocycles. The van der Waals surface area contributed by atoms with Gasteiger partial charge in [0, 0.05) is 23.8 Å². The average Bonchev–Trinajstić information content (AvgIpc) is 3.21. The van der Waals surface area contributed by atoms with Gasteiger partial charge in [0.2, 0.25) is 0 Å². The van der Waals surface area contributed by atoms with Crippen LogP contribution in [0, 0.1) is 6.92 Å². The summed E-state index contributed by atoms with van der Waals surface area (Å²) in [6, 6.07) is 12.7. The van der Waals surface area contributed by atoms with Gasteiger partial charge in [-0.25, -0.2) is 0 Å². The number of amides is 2. The third kappa shape index (κ3) is 3.91. The molecule has 7 heteroatoms. The van der Waals surface area contributed by atoms with Crippen molar-refractivity contribution in [3.8, 4) is 0 Å². The van der Waals surface area contributed by atoms with Gasteiger partial charge >= 0.3 is 0 Å². The fourth-order valence-corrected chi connectivity index (χ4v) is 4.14. The highest BCUT2D eigenvalue weighted by atomic mass is 35.5. The van der Waals surface area contributed by atoms with Crippen LogP contribution in [0.2, 0.25) is 5.02 Å². The lowest BCUT2D eigenvalue weighted by Crippen LogP contribution is -2.54. The van der Waals surface area contributed by atoms with Crippen LogP contribution in [0.3, 0.4) is 0 Å². The lowest BCUT2D eigenvalue weighted by Gasteiger charge is -2.29. The van der Waals surface area contributed by atoms with Gasteiger partial charge in [0.25, 0.3) is 11.8 Å². The number of anilines is 2. The average molecular weight is 426 g/mol. The third-order valence-corrected chi connectivity index (χ3v) is 5.70. The maximum absolute atomic E-state index is 13.1. The van der Waals surface area contributed by atoms with E-state index in [9.17, 15) is 9.59 Å². The molecule has 2 saturated heterocycles. The van der Waals surface area contributed by atoms with Crippen LogP contribution in [-0.2, 0) is 9.59 Å². The lowest BCUT2D eigenvalue weighted by molar-refractivity contribution is -0.122. The highest BCUT2D eigenvalue weighted by molar-refractivity contribution is 7.80. The smallest absolute Gasteiger partial charge is 0.270 e. The Morgan fingerprint density at radius 1 is 1.07 bits per heavy atom. The molecular formula is C22H20ClN3O2S. The molecule has 0 radical (unpaired) electrons. The SMILES string of the molecule is Cc1cc(/C=C2/C(=O)NC(=S)N(c3ccc(Cl)cc3)C2=O)ccc1N1CCCC1. The molecule has 0 aromatic heterocycles. The predicted octanol–water partition coefficient (Wildman–Crippen LogP) is 4.08.